The zero-order valence-corrected chi connectivity index (χ0v) is 16.5. The van der Waals surface area contributed by atoms with Gasteiger partial charge in [-0.3, -0.25) is 9.59 Å². The van der Waals surface area contributed by atoms with Crippen molar-refractivity contribution in [2.24, 2.45) is 5.92 Å². The van der Waals surface area contributed by atoms with Gasteiger partial charge in [0.15, 0.2) is 0 Å². The summed E-state index contributed by atoms with van der Waals surface area (Å²) in [4.78, 5) is 41.1. The summed E-state index contributed by atoms with van der Waals surface area (Å²) >= 11 is 0. The van der Waals surface area contributed by atoms with Crippen LogP contribution in [-0.4, -0.2) is 35.3 Å². The van der Waals surface area contributed by atoms with E-state index in [0.29, 0.717) is 23.8 Å². The van der Waals surface area contributed by atoms with Crippen molar-refractivity contribution in [3.05, 3.63) is 60.4 Å². The van der Waals surface area contributed by atoms with Gasteiger partial charge in [0.05, 0.1) is 12.1 Å². The summed E-state index contributed by atoms with van der Waals surface area (Å²) in [6, 6.07) is 12.8. The maximum atomic E-state index is 13.0. The number of hydrogen-bond acceptors (Lipinski definition) is 3. The molecule has 4 amide bonds. The number of anilines is 2. The van der Waals surface area contributed by atoms with Gasteiger partial charge in [-0.15, -0.1) is 0 Å². The predicted octanol–water partition coefficient (Wildman–Crippen LogP) is 4.04. The van der Waals surface area contributed by atoms with E-state index in [1.807, 2.05) is 13.8 Å². The molecular formula is C22H24FN3O3. The highest BCUT2D eigenvalue weighted by Gasteiger charge is 2.46. The molecule has 0 aliphatic carbocycles. The first kappa shape index (κ1) is 20.5. The minimum absolute atomic E-state index is 0.163. The Bertz CT molecular complexity index is 884. The summed E-state index contributed by atoms with van der Waals surface area (Å²) in [5.74, 6) is -0.887. The average molecular weight is 397 g/mol. The molecule has 3 rings (SSSR count). The quantitative estimate of drug-likeness (QED) is 0.717. The number of benzene rings is 2. The Hall–Kier alpha value is -3.22. The summed E-state index contributed by atoms with van der Waals surface area (Å²) in [5, 5.41) is 2.66. The summed E-state index contributed by atoms with van der Waals surface area (Å²) in [5.41, 5.74) is 0.917. The molecule has 0 bridgehead atoms. The number of nitrogens with zero attached hydrogens (tertiary/aromatic N) is 2. The van der Waals surface area contributed by atoms with Crippen LogP contribution >= 0.6 is 0 Å². The number of carbonyl (C=O) groups excluding carboxylic acids is 3. The van der Waals surface area contributed by atoms with Crippen LogP contribution in [-0.2, 0) is 9.59 Å². The molecule has 1 heterocycles. The fourth-order valence-corrected chi connectivity index (χ4v) is 3.22. The van der Waals surface area contributed by atoms with E-state index in [0.717, 1.165) is 11.3 Å². The lowest BCUT2D eigenvalue weighted by Gasteiger charge is -2.22. The minimum Gasteiger partial charge on any atom is -0.326 e. The Kier molecular flexibility index (Phi) is 6.26. The van der Waals surface area contributed by atoms with Gasteiger partial charge >= 0.3 is 6.03 Å². The number of halogens is 1. The molecule has 1 atom stereocenters. The van der Waals surface area contributed by atoms with Crippen LogP contribution in [0.2, 0.25) is 0 Å². The Morgan fingerprint density at radius 2 is 1.72 bits per heavy atom. The highest BCUT2D eigenvalue weighted by molar-refractivity contribution is 6.22. The van der Waals surface area contributed by atoms with Gasteiger partial charge in [-0.2, -0.15) is 0 Å². The average Bonchev–Trinajstić information content (AvgIpc) is 2.92. The van der Waals surface area contributed by atoms with E-state index >= 15 is 0 Å². The second-order valence-electron chi connectivity index (χ2n) is 7.44. The molecular weight excluding hydrogens is 373 g/mol. The maximum absolute atomic E-state index is 13.0. The maximum Gasteiger partial charge on any atom is 0.332 e. The lowest BCUT2D eigenvalue weighted by molar-refractivity contribution is -0.124. The summed E-state index contributed by atoms with van der Waals surface area (Å²) in [6.45, 7) is 4.46. The van der Waals surface area contributed by atoms with E-state index in [1.165, 1.54) is 29.2 Å². The highest BCUT2D eigenvalue weighted by Crippen LogP contribution is 2.27. The van der Waals surface area contributed by atoms with Crippen molar-refractivity contribution in [1.29, 1.82) is 0 Å². The molecule has 1 unspecified atom stereocenters. The molecule has 7 heteroatoms. The zero-order valence-electron chi connectivity index (χ0n) is 16.5. The van der Waals surface area contributed by atoms with Crippen LogP contribution in [0.1, 0.15) is 26.7 Å². The Balaban J connectivity index is 1.79. The first-order valence-electron chi connectivity index (χ1n) is 9.62. The molecule has 1 aliphatic heterocycles. The molecule has 29 heavy (non-hydrogen) atoms. The first-order chi connectivity index (χ1) is 13.9. The summed E-state index contributed by atoms with van der Waals surface area (Å²) in [7, 11) is 0. The molecule has 0 spiro atoms. The normalized spacial score (nSPS) is 16.6. The fourth-order valence-electron chi connectivity index (χ4n) is 3.22. The van der Waals surface area contributed by atoms with Crippen LogP contribution in [0.25, 0.3) is 0 Å². The number of urea groups is 1. The van der Waals surface area contributed by atoms with Gasteiger partial charge in [-0.25, -0.2) is 14.1 Å². The van der Waals surface area contributed by atoms with Crippen molar-refractivity contribution in [2.45, 2.75) is 32.7 Å². The molecule has 0 radical (unpaired) electrons. The molecule has 1 aliphatic rings. The number of hydrogen-bond donors (Lipinski definition) is 1. The first-order valence-corrected chi connectivity index (χ1v) is 9.62. The van der Waals surface area contributed by atoms with Gasteiger partial charge in [-0.05, 0) is 48.7 Å². The molecule has 0 aromatic heterocycles. The van der Waals surface area contributed by atoms with E-state index < -0.39 is 29.7 Å². The van der Waals surface area contributed by atoms with Crippen LogP contribution in [0.4, 0.5) is 20.6 Å². The lowest BCUT2D eigenvalue weighted by Crippen LogP contribution is -2.39. The number of amides is 4. The third-order valence-electron chi connectivity index (χ3n) is 4.79. The van der Waals surface area contributed by atoms with Crippen molar-refractivity contribution >= 4 is 29.2 Å². The van der Waals surface area contributed by atoms with Crippen molar-refractivity contribution in [3.8, 4) is 0 Å². The van der Waals surface area contributed by atoms with Crippen LogP contribution in [0.5, 0.6) is 0 Å². The van der Waals surface area contributed by atoms with Crippen LogP contribution < -0.4 is 10.2 Å². The minimum atomic E-state index is -0.873. The van der Waals surface area contributed by atoms with E-state index in [4.69, 9.17) is 0 Å². The van der Waals surface area contributed by atoms with Gasteiger partial charge in [0.25, 0.3) is 5.91 Å². The SMILES string of the molecule is CC(C)CCN1C(=O)N(c2ccccc2)C(=O)C1CC(=O)Nc1ccc(F)cc1. The molecule has 152 valence electrons. The largest absolute Gasteiger partial charge is 0.332 e. The number of imide groups is 1. The third kappa shape index (κ3) is 4.80. The van der Waals surface area contributed by atoms with E-state index in [9.17, 15) is 18.8 Å². The molecule has 0 saturated carbocycles. The molecule has 1 N–H and O–H groups in total. The van der Waals surface area contributed by atoms with Gasteiger partial charge in [0, 0.05) is 12.2 Å². The monoisotopic (exact) mass is 397 g/mol. The van der Waals surface area contributed by atoms with E-state index in [2.05, 4.69) is 5.32 Å². The van der Waals surface area contributed by atoms with Crippen LogP contribution in [0.3, 0.4) is 0 Å². The summed E-state index contributed by atoms with van der Waals surface area (Å²) < 4.78 is 13.0. The second kappa shape index (κ2) is 8.86. The topological polar surface area (TPSA) is 69.7 Å². The van der Waals surface area contributed by atoms with Crippen molar-refractivity contribution < 1.29 is 18.8 Å². The molecule has 2 aromatic rings. The van der Waals surface area contributed by atoms with Crippen molar-refractivity contribution in [2.75, 3.05) is 16.8 Å². The van der Waals surface area contributed by atoms with Crippen LogP contribution in [0, 0.1) is 11.7 Å². The van der Waals surface area contributed by atoms with Gasteiger partial charge in [0.1, 0.15) is 11.9 Å². The second-order valence-corrected chi connectivity index (χ2v) is 7.44. The van der Waals surface area contributed by atoms with Gasteiger partial charge in [-0.1, -0.05) is 32.0 Å². The van der Waals surface area contributed by atoms with Crippen LogP contribution in [0.15, 0.2) is 54.6 Å². The Labute approximate surface area is 169 Å². The number of nitrogens with one attached hydrogen (secondary N) is 1. The molecule has 6 nitrogen and oxygen atoms in total. The van der Waals surface area contributed by atoms with Crippen molar-refractivity contribution in [3.63, 3.8) is 0 Å². The predicted molar refractivity (Wildman–Crippen MR) is 109 cm³/mol. The highest BCUT2D eigenvalue weighted by atomic mass is 19.1. The van der Waals surface area contributed by atoms with Crippen molar-refractivity contribution in [1.82, 2.24) is 4.90 Å². The number of para-hydroxylation sites is 1. The lowest BCUT2D eigenvalue weighted by atomic mass is 10.1. The van der Waals surface area contributed by atoms with E-state index in [-0.39, 0.29) is 6.42 Å². The van der Waals surface area contributed by atoms with Gasteiger partial charge in [0.2, 0.25) is 5.91 Å². The molecule has 1 fully saturated rings. The smallest absolute Gasteiger partial charge is 0.326 e. The molecule has 1 saturated heterocycles. The zero-order chi connectivity index (χ0) is 21.0. The Morgan fingerprint density at radius 3 is 2.34 bits per heavy atom. The fraction of sp³-hybridized carbons (Fsp3) is 0.318. The Morgan fingerprint density at radius 1 is 1.07 bits per heavy atom. The third-order valence-corrected chi connectivity index (χ3v) is 4.79. The van der Waals surface area contributed by atoms with E-state index in [1.54, 1.807) is 30.3 Å². The number of rotatable bonds is 7. The standard InChI is InChI=1S/C22H24FN3O3/c1-15(2)12-13-25-19(14-20(27)24-17-10-8-16(23)9-11-17)21(28)26(22(25)29)18-6-4-3-5-7-18/h3-11,15,19H,12-14H2,1-2H3,(H,24,27). The van der Waals surface area contributed by atoms with Gasteiger partial charge < -0.3 is 10.2 Å². The molecule has 2 aromatic carbocycles. The number of carbonyl (C=O) groups is 3. The summed E-state index contributed by atoms with van der Waals surface area (Å²) in [6.07, 6.45) is 0.557.